The van der Waals surface area contributed by atoms with Crippen molar-refractivity contribution in [1.29, 1.82) is 0 Å². The largest absolute Gasteiger partial charge is 0.486 e. The molecule has 0 bridgehead atoms. The van der Waals surface area contributed by atoms with Crippen molar-refractivity contribution in [3.05, 3.63) is 53.1 Å². The molecule has 0 amide bonds. The summed E-state index contributed by atoms with van der Waals surface area (Å²) in [6.45, 7) is 0.886. The molecule has 1 heterocycles. The van der Waals surface area contributed by atoms with Gasteiger partial charge in [-0.1, -0.05) is 23.7 Å². The number of halogens is 1. The maximum absolute atomic E-state index is 12.9. The highest BCUT2D eigenvalue weighted by Gasteiger charge is 2.35. The Morgan fingerprint density at radius 1 is 1.00 bits per heavy atom. The second kappa shape index (κ2) is 6.52. The molecule has 1 unspecified atom stereocenters. The third-order valence-electron chi connectivity index (χ3n) is 4.43. The molecule has 1 aliphatic carbocycles. The molecule has 2 aliphatic rings. The van der Waals surface area contributed by atoms with E-state index in [0.29, 0.717) is 35.7 Å². The van der Waals surface area contributed by atoms with E-state index in [0.717, 1.165) is 18.4 Å². The van der Waals surface area contributed by atoms with E-state index in [1.165, 1.54) is 6.07 Å². The summed E-state index contributed by atoms with van der Waals surface area (Å²) in [6, 6.07) is 11.8. The minimum Gasteiger partial charge on any atom is -0.486 e. The Balaban J connectivity index is 1.62. The Labute approximate surface area is 152 Å². The van der Waals surface area contributed by atoms with Gasteiger partial charge in [-0.3, -0.25) is 0 Å². The molecule has 2 aromatic rings. The van der Waals surface area contributed by atoms with E-state index in [1.807, 2.05) is 12.1 Å². The molecular formula is C18H18ClNO4S. The first kappa shape index (κ1) is 16.7. The molecule has 2 aromatic carbocycles. The van der Waals surface area contributed by atoms with Crippen LogP contribution >= 0.6 is 11.6 Å². The molecule has 4 rings (SSSR count). The number of benzene rings is 2. The molecule has 1 fully saturated rings. The van der Waals surface area contributed by atoms with Crippen LogP contribution in [0.4, 0.5) is 0 Å². The van der Waals surface area contributed by atoms with Crippen molar-refractivity contribution in [3.63, 3.8) is 0 Å². The van der Waals surface area contributed by atoms with Crippen LogP contribution in [0.5, 0.6) is 11.5 Å². The third kappa shape index (κ3) is 3.61. The Kier molecular flexibility index (Phi) is 4.35. The van der Waals surface area contributed by atoms with Crippen LogP contribution in [0, 0.1) is 5.92 Å². The molecule has 7 heteroatoms. The van der Waals surface area contributed by atoms with Gasteiger partial charge in [-0.05, 0) is 48.6 Å². The molecule has 25 heavy (non-hydrogen) atoms. The molecule has 1 N–H and O–H groups in total. The summed E-state index contributed by atoms with van der Waals surface area (Å²) in [5.74, 6) is 1.35. The van der Waals surface area contributed by atoms with Gasteiger partial charge in [-0.15, -0.1) is 0 Å². The summed E-state index contributed by atoms with van der Waals surface area (Å²) < 4.78 is 39.5. The van der Waals surface area contributed by atoms with Gasteiger partial charge in [0.25, 0.3) is 0 Å². The van der Waals surface area contributed by atoms with Crippen LogP contribution in [0.2, 0.25) is 5.02 Å². The Hall–Kier alpha value is -1.76. The van der Waals surface area contributed by atoms with Gasteiger partial charge in [-0.2, -0.15) is 0 Å². The minimum atomic E-state index is -3.67. The molecule has 0 radical (unpaired) electrons. The fourth-order valence-corrected chi connectivity index (χ4v) is 4.40. The normalized spacial score (nSPS) is 18.0. The van der Waals surface area contributed by atoms with Crippen molar-refractivity contribution < 1.29 is 17.9 Å². The quantitative estimate of drug-likeness (QED) is 0.862. The highest BCUT2D eigenvalue weighted by Crippen LogP contribution is 2.42. The summed E-state index contributed by atoms with van der Waals surface area (Å²) in [6.07, 6.45) is 2.02. The van der Waals surface area contributed by atoms with Crippen LogP contribution in [0.1, 0.15) is 24.4 Å². The molecule has 0 spiro atoms. The van der Waals surface area contributed by atoms with E-state index in [4.69, 9.17) is 21.1 Å². The van der Waals surface area contributed by atoms with E-state index >= 15 is 0 Å². The van der Waals surface area contributed by atoms with Gasteiger partial charge in [0.05, 0.1) is 4.90 Å². The van der Waals surface area contributed by atoms with Gasteiger partial charge >= 0.3 is 0 Å². The first-order valence-corrected chi connectivity index (χ1v) is 10.1. The van der Waals surface area contributed by atoms with E-state index in [1.54, 1.807) is 24.3 Å². The number of hydrogen-bond donors (Lipinski definition) is 1. The lowest BCUT2D eigenvalue weighted by molar-refractivity contribution is 0.171. The maximum Gasteiger partial charge on any atom is 0.241 e. The second-order valence-corrected chi connectivity index (χ2v) is 8.44. The van der Waals surface area contributed by atoms with Crippen molar-refractivity contribution in [2.75, 3.05) is 13.2 Å². The average molecular weight is 380 g/mol. The van der Waals surface area contributed by atoms with Crippen molar-refractivity contribution >= 4 is 21.6 Å². The van der Waals surface area contributed by atoms with Crippen LogP contribution in [-0.2, 0) is 10.0 Å². The number of hydrogen-bond acceptors (Lipinski definition) is 4. The van der Waals surface area contributed by atoms with Crippen molar-refractivity contribution in [2.45, 2.75) is 23.8 Å². The predicted octanol–water partition coefficient (Wildman–Crippen LogP) is 3.54. The van der Waals surface area contributed by atoms with E-state index in [2.05, 4.69) is 4.72 Å². The molecule has 1 atom stereocenters. The lowest BCUT2D eigenvalue weighted by Crippen LogP contribution is -2.30. The summed E-state index contributed by atoms with van der Waals surface area (Å²) >= 11 is 5.94. The number of rotatable bonds is 5. The lowest BCUT2D eigenvalue weighted by atomic mass is 10.0. The molecule has 132 valence electrons. The third-order valence-corrected chi connectivity index (χ3v) is 6.12. The van der Waals surface area contributed by atoms with Gasteiger partial charge in [0, 0.05) is 17.1 Å². The zero-order valence-electron chi connectivity index (χ0n) is 13.4. The van der Waals surface area contributed by atoms with Crippen LogP contribution in [0.3, 0.4) is 0 Å². The van der Waals surface area contributed by atoms with Crippen LogP contribution < -0.4 is 14.2 Å². The summed E-state index contributed by atoms with van der Waals surface area (Å²) in [7, 11) is -3.67. The van der Waals surface area contributed by atoms with Gasteiger partial charge < -0.3 is 9.47 Å². The monoisotopic (exact) mass is 379 g/mol. The van der Waals surface area contributed by atoms with Crippen LogP contribution in [-0.4, -0.2) is 21.6 Å². The highest BCUT2D eigenvalue weighted by atomic mass is 35.5. The molecule has 0 saturated heterocycles. The van der Waals surface area contributed by atoms with Crippen LogP contribution in [0.15, 0.2) is 47.4 Å². The molecule has 0 aromatic heterocycles. The number of nitrogens with one attached hydrogen (secondary N) is 1. The zero-order valence-corrected chi connectivity index (χ0v) is 15.0. The Bertz CT molecular complexity index is 878. The SMILES string of the molecule is O=S(=O)(NC(c1ccc(Cl)cc1)C1CC1)c1ccc2c(c1)OCCO2. The van der Waals surface area contributed by atoms with Gasteiger partial charge in [0.15, 0.2) is 11.5 Å². The molecule has 1 saturated carbocycles. The number of sulfonamides is 1. The maximum atomic E-state index is 12.9. The fourth-order valence-electron chi connectivity index (χ4n) is 2.96. The van der Waals surface area contributed by atoms with Crippen molar-refractivity contribution in [1.82, 2.24) is 4.72 Å². The number of ether oxygens (including phenoxy) is 2. The van der Waals surface area contributed by atoms with E-state index in [-0.39, 0.29) is 10.9 Å². The first-order valence-electron chi connectivity index (χ1n) is 8.20. The van der Waals surface area contributed by atoms with E-state index in [9.17, 15) is 8.42 Å². The summed E-state index contributed by atoms with van der Waals surface area (Å²) in [4.78, 5) is 0.177. The van der Waals surface area contributed by atoms with Gasteiger partial charge in [-0.25, -0.2) is 13.1 Å². The molecule has 1 aliphatic heterocycles. The topological polar surface area (TPSA) is 64.6 Å². The standard InChI is InChI=1S/C18H18ClNO4S/c19-14-5-3-13(4-6-14)18(12-1-2-12)20-25(21,22)15-7-8-16-17(11-15)24-10-9-23-16/h3-8,11-12,18,20H,1-2,9-10H2. The smallest absolute Gasteiger partial charge is 0.241 e. The molecule has 5 nitrogen and oxygen atoms in total. The Morgan fingerprint density at radius 3 is 2.36 bits per heavy atom. The zero-order chi connectivity index (χ0) is 17.4. The summed E-state index contributed by atoms with van der Waals surface area (Å²) in [5.41, 5.74) is 0.924. The van der Waals surface area contributed by atoms with Crippen molar-refractivity contribution in [2.24, 2.45) is 5.92 Å². The molecular weight excluding hydrogens is 362 g/mol. The van der Waals surface area contributed by atoms with Gasteiger partial charge in [0.1, 0.15) is 13.2 Å². The van der Waals surface area contributed by atoms with E-state index < -0.39 is 10.0 Å². The summed E-state index contributed by atoms with van der Waals surface area (Å²) in [5, 5.41) is 0.632. The Morgan fingerprint density at radius 2 is 1.68 bits per heavy atom. The lowest BCUT2D eigenvalue weighted by Gasteiger charge is -2.21. The number of fused-ring (bicyclic) bond motifs is 1. The average Bonchev–Trinajstić information content (AvgIpc) is 3.45. The fraction of sp³-hybridized carbons (Fsp3) is 0.333. The minimum absolute atomic E-state index is 0.177. The van der Waals surface area contributed by atoms with Crippen molar-refractivity contribution in [3.8, 4) is 11.5 Å². The van der Waals surface area contributed by atoms with Gasteiger partial charge in [0.2, 0.25) is 10.0 Å². The first-order chi connectivity index (χ1) is 12.0. The van der Waals surface area contributed by atoms with Crippen LogP contribution in [0.25, 0.3) is 0 Å². The highest BCUT2D eigenvalue weighted by molar-refractivity contribution is 7.89. The second-order valence-electron chi connectivity index (χ2n) is 6.29. The predicted molar refractivity (Wildman–Crippen MR) is 94.7 cm³/mol.